The quantitative estimate of drug-likeness (QED) is 0.823. The average molecular weight is 258 g/mol. The largest absolute Gasteiger partial charge is 0.492 e. The Morgan fingerprint density at radius 2 is 2.29 bits per heavy atom. The molecule has 0 aromatic heterocycles. The van der Waals surface area contributed by atoms with Gasteiger partial charge in [-0.2, -0.15) is 0 Å². The lowest BCUT2D eigenvalue weighted by Crippen LogP contribution is -2.12. The first-order valence-electron chi connectivity index (χ1n) is 5.50. The summed E-state index contributed by atoms with van der Waals surface area (Å²) < 4.78 is 5.37. The molecule has 0 saturated carbocycles. The minimum Gasteiger partial charge on any atom is -0.492 e. The van der Waals surface area contributed by atoms with E-state index in [-0.39, 0.29) is 18.9 Å². The SMILES string of the molecule is CCOc1ccc(Cl)cc1NC(=O)CCCO. The molecular weight excluding hydrogens is 242 g/mol. The Balaban J connectivity index is 2.73. The number of nitrogens with one attached hydrogen (secondary N) is 1. The smallest absolute Gasteiger partial charge is 0.224 e. The van der Waals surface area contributed by atoms with Crippen LogP contribution >= 0.6 is 11.6 Å². The molecule has 1 rings (SSSR count). The Morgan fingerprint density at radius 1 is 1.53 bits per heavy atom. The first kappa shape index (κ1) is 13.8. The summed E-state index contributed by atoms with van der Waals surface area (Å²) in [5.41, 5.74) is 0.558. The van der Waals surface area contributed by atoms with Crippen LogP contribution < -0.4 is 10.1 Å². The molecule has 0 atom stereocenters. The lowest BCUT2D eigenvalue weighted by molar-refractivity contribution is -0.116. The fourth-order valence-electron chi connectivity index (χ4n) is 1.33. The van der Waals surface area contributed by atoms with E-state index >= 15 is 0 Å². The Morgan fingerprint density at radius 3 is 2.94 bits per heavy atom. The number of carbonyl (C=O) groups is 1. The summed E-state index contributed by atoms with van der Waals surface area (Å²) in [4.78, 5) is 11.5. The van der Waals surface area contributed by atoms with Crippen LogP contribution in [-0.4, -0.2) is 24.2 Å². The number of amides is 1. The molecule has 94 valence electrons. The summed E-state index contributed by atoms with van der Waals surface area (Å²) >= 11 is 5.86. The zero-order chi connectivity index (χ0) is 12.7. The van der Waals surface area contributed by atoms with Gasteiger partial charge in [-0.15, -0.1) is 0 Å². The van der Waals surface area contributed by atoms with E-state index in [4.69, 9.17) is 21.4 Å². The summed E-state index contributed by atoms with van der Waals surface area (Å²) in [7, 11) is 0. The highest BCUT2D eigenvalue weighted by atomic mass is 35.5. The van der Waals surface area contributed by atoms with E-state index in [1.165, 1.54) is 0 Å². The van der Waals surface area contributed by atoms with Crippen LogP contribution in [0.3, 0.4) is 0 Å². The van der Waals surface area contributed by atoms with Gasteiger partial charge in [-0.25, -0.2) is 0 Å². The third kappa shape index (κ3) is 4.63. The van der Waals surface area contributed by atoms with Crippen molar-refractivity contribution in [1.29, 1.82) is 0 Å². The van der Waals surface area contributed by atoms with Crippen molar-refractivity contribution in [2.45, 2.75) is 19.8 Å². The highest BCUT2D eigenvalue weighted by Crippen LogP contribution is 2.28. The van der Waals surface area contributed by atoms with Gasteiger partial charge in [0.2, 0.25) is 5.91 Å². The summed E-state index contributed by atoms with van der Waals surface area (Å²) in [5, 5.41) is 11.9. The molecule has 0 radical (unpaired) electrons. The zero-order valence-corrected chi connectivity index (χ0v) is 10.5. The molecular formula is C12H16ClNO3. The molecule has 0 bridgehead atoms. The van der Waals surface area contributed by atoms with E-state index in [2.05, 4.69) is 5.32 Å². The Kier molecular flexibility index (Phi) is 5.80. The van der Waals surface area contributed by atoms with E-state index in [1.807, 2.05) is 6.92 Å². The van der Waals surface area contributed by atoms with Crippen LogP contribution in [-0.2, 0) is 4.79 Å². The number of anilines is 1. The zero-order valence-electron chi connectivity index (χ0n) is 9.70. The van der Waals surface area contributed by atoms with E-state index < -0.39 is 0 Å². The summed E-state index contributed by atoms with van der Waals surface area (Å²) in [5.74, 6) is 0.427. The lowest BCUT2D eigenvalue weighted by Gasteiger charge is -2.11. The van der Waals surface area contributed by atoms with E-state index in [1.54, 1.807) is 18.2 Å². The molecule has 2 N–H and O–H groups in total. The molecule has 0 heterocycles. The van der Waals surface area contributed by atoms with Crippen molar-refractivity contribution < 1.29 is 14.6 Å². The van der Waals surface area contributed by atoms with Gasteiger partial charge in [-0.05, 0) is 31.5 Å². The third-order valence-corrected chi connectivity index (χ3v) is 2.31. The Hall–Kier alpha value is -1.26. The molecule has 0 fully saturated rings. The number of aliphatic hydroxyl groups is 1. The number of carbonyl (C=O) groups excluding carboxylic acids is 1. The highest BCUT2D eigenvalue weighted by Gasteiger charge is 2.08. The maximum Gasteiger partial charge on any atom is 0.224 e. The second kappa shape index (κ2) is 7.14. The molecule has 4 nitrogen and oxygen atoms in total. The van der Waals surface area contributed by atoms with Crippen molar-refractivity contribution in [2.75, 3.05) is 18.5 Å². The van der Waals surface area contributed by atoms with Crippen LogP contribution in [0.2, 0.25) is 5.02 Å². The van der Waals surface area contributed by atoms with Gasteiger partial charge >= 0.3 is 0 Å². The summed E-state index contributed by atoms with van der Waals surface area (Å²) in [6.45, 7) is 2.38. The highest BCUT2D eigenvalue weighted by molar-refractivity contribution is 6.31. The minimum absolute atomic E-state index is 0.00127. The second-order valence-electron chi connectivity index (χ2n) is 3.45. The van der Waals surface area contributed by atoms with Crippen LogP contribution in [0.5, 0.6) is 5.75 Å². The Bertz CT molecular complexity index is 382. The van der Waals surface area contributed by atoms with Crippen molar-refractivity contribution in [2.24, 2.45) is 0 Å². The molecule has 1 aromatic rings. The van der Waals surface area contributed by atoms with Gasteiger partial charge < -0.3 is 15.2 Å². The topological polar surface area (TPSA) is 58.6 Å². The van der Waals surface area contributed by atoms with Crippen LogP contribution in [0, 0.1) is 0 Å². The number of aliphatic hydroxyl groups excluding tert-OH is 1. The van der Waals surface area contributed by atoms with Gasteiger partial charge in [0.05, 0.1) is 12.3 Å². The number of benzene rings is 1. The Labute approximate surface area is 106 Å². The molecule has 1 amide bonds. The molecule has 1 aromatic carbocycles. The average Bonchev–Trinajstić information content (AvgIpc) is 2.30. The number of hydrogen-bond donors (Lipinski definition) is 2. The monoisotopic (exact) mass is 257 g/mol. The molecule has 5 heteroatoms. The standard InChI is InChI=1S/C12H16ClNO3/c1-2-17-11-6-5-9(13)8-10(11)14-12(16)4-3-7-15/h5-6,8,15H,2-4,7H2,1H3,(H,14,16). The maximum absolute atomic E-state index is 11.5. The molecule has 0 aliphatic heterocycles. The number of halogens is 1. The van der Waals surface area contributed by atoms with Gasteiger partial charge in [0.1, 0.15) is 5.75 Å². The fraction of sp³-hybridized carbons (Fsp3) is 0.417. The molecule has 17 heavy (non-hydrogen) atoms. The summed E-state index contributed by atoms with van der Waals surface area (Å²) in [6, 6.07) is 5.06. The van der Waals surface area contributed by atoms with Gasteiger partial charge in [0.15, 0.2) is 0 Å². The number of hydrogen-bond acceptors (Lipinski definition) is 3. The maximum atomic E-state index is 11.5. The first-order valence-corrected chi connectivity index (χ1v) is 5.88. The van der Waals surface area contributed by atoms with Crippen molar-refractivity contribution >= 4 is 23.2 Å². The third-order valence-electron chi connectivity index (χ3n) is 2.08. The molecule has 0 unspecified atom stereocenters. The number of ether oxygens (including phenoxy) is 1. The second-order valence-corrected chi connectivity index (χ2v) is 3.89. The number of rotatable bonds is 6. The van der Waals surface area contributed by atoms with Crippen molar-refractivity contribution in [3.8, 4) is 5.75 Å². The van der Waals surface area contributed by atoms with Gasteiger partial charge in [-0.1, -0.05) is 11.6 Å². The van der Waals surface area contributed by atoms with Crippen LogP contribution in [0.25, 0.3) is 0 Å². The molecule has 0 spiro atoms. The van der Waals surface area contributed by atoms with Crippen molar-refractivity contribution in [3.05, 3.63) is 23.2 Å². The van der Waals surface area contributed by atoms with Gasteiger partial charge in [0, 0.05) is 18.1 Å². The predicted molar refractivity (Wildman–Crippen MR) is 67.6 cm³/mol. The van der Waals surface area contributed by atoms with E-state index in [0.29, 0.717) is 29.5 Å². The van der Waals surface area contributed by atoms with E-state index in [0.717, 1.165) is 0 Å². The predicted octanol–water partition coefficient (Wildman–Crippen LogP) is 2.45. The minimum atomic E-state index is -0.165. The van der Waals surface area contributed by atoms with Gasteiger partial charge in [-0.3, -0.25) is 4.79 Å². The van der Waals surface area contributed by atoms with Crippen LogP contribution in [0.4, 0.5) is 5.69 Å². The lowest BCUT2D eigenvalue weighted by atomic mass is 10.2. The van der Waals surface area contributed by atoms with Crippen molar-refractivity contribution in [1.82, 2.24) is 0 Å². The van der Waals surface area contributed by atoms with Crippen LogP contribution in [0.15, 0.2) is 18.2 Å². The summed E-state index contributed by atoms with van der Waals surface area (Å²) in [6.07, 6.45) is 0.713. The van der Waals surface area contributed by atoms with Gasteiger partial charge in [0.25, 0.3) is 0 Å². The molecule has 0 aliphatic carbocycles. The first-order chi connectivity index (χ1) is 8.17. The van der Waals surface area contributed by atoms with E-state index in [9.17, 15) is 4.79 Å². The normalized spacial score (nSPS) is 10.1. The van der Waals surface area contributed by atoms with Crippen molar-refractivity contribution in [3.63, 3.8) is 0 Å². The fourth-order valence-corrected chi connectivity index (χ4v) is 1.51. The van der Waals surface area contributed by atoms with Crippen LogP contribution in [0.1, 0.15) is 19.8 Å². The molecule has 0 saturated heterocycles. The molecule has 0 aliphatic rings.